The summed E-state index contributed by atoms with van der Waals surface area (Å²) in [6, 6.07) is 21.5. The second kappa shape index (κ2) is 9.35. The number of aromatic nitrogens is 1. The van der Waals surface area contributed by atoms with Crippen LogP contribution in [0.5, 0.6) is 0 Å². The Morgan fingerprint density at radius 2 is 1.74 bits per heavy atom. The highest BCUT2D eigenvalue weighted by Crippen LogP contribution is 2.37. The molecule has 1 saturated heterocycles. The Morgan fingerprint density at radius 1 is 0.903 bits per heavy atom. The second-order valence-electron chi connectivity index (χ2n) is 8.43. The highest BCUT2D eigenvalue weighted by Gasteiger charge is 2.31. The lowest BCUT2D eigenvalue weighted by atomic mass is 9.94. The number of fused-ring (bicyclic) bond motifs is 2. The zero-order valence-electron chi connectivity index (χ0n) is 17.8. The molecule has 0 radical (unpaired) electrons. The number of nitrogens with zero attached hydrogens (tertiary/aromatic N) is 3. The first kappa shape index (κ1) is 20.4. The van der Waals surface area contributed by atoms with Crippen LogP contribution in [0.25, 0.3) is 6.08 Å². The number of halogens is 1. The molecule has 1 atom stereocenters. The van der Waals surface area contributed by atoms with Crippen LogP contribution in [0.2, 0.25) is 5.02 Å². The van der Waals surface area contributed by atoms with Gasteiger partial charge in [-0.05, 0) is 53.3 Å². The Balaban J connectivity index is 1.33. The molecule has 31 heavy (non-hydrogen) atoms. The van der Waals surface area contributed by atoms with Gasteiger partial charge in [-0.25, -0.2) is 0 Å². The molecule has 1 unspecified atom stereocenters. The number of hydrogen-bond donors (Lipinski definition) is 0. The molecule has 1 aromatic heterocycles. The van der Waals surface area contributed by atoms with Crippen LogP contribution < -0.4 is 0 Å². The van der Waals surface area contributed by atoms with Gasteiger partial charge >= 0.3 is 0 Å². The number of hydrogen-bond acceptors (Lipinski definition) is 3. The van der Waals surface area contributed by atoms with Gasteiger partial charge in [0.05, 0.1) is 6.04 Å². The molecule has 2 heterocycles. The van der Waals surface area contributed by atoms with Crippen LogP contribution in [-0.4, -0.2) is 47.5 Å². The molecule has 158 valence electrons. The monoisotopic (exact) mass is 429 g/mol. The summed E-state index contributed by atoms with van der Waals surface area (Å²) < 4.78 is 0. The normalized spacial score (nSPS) is 19.7. The second-order valence-corrected chi connectivity index (χ2v) is 8.87. The zero-order valence-corrected chi connectivity index (χ0v) is 18.5. The highest BCUT2D eigenvalue weighted by atomic mass is 35.5. The molecular formula is C27H28ClN3. The van der Waals surface area contributed by atoms with Crippen molar-refractivity contribution in [3.05, 3.63) is 106 Å². The molecule has 1 aliphatic carbocycles. The fourth-order valence-electron chi connectivity index (χ4n) is 4.88. The average molecular weight is 430 g/mol. The molecule has 1 fully saturated rings. The number of pyridine rings is 1. The van der Waals surface area contributed by atoms with Crippen LogP contribution in [-0.2, 0) is 12.8 Å². The lowest BCUT2D eigenvalue weighted by Crippen LogP contribution is -2.48. The van der Waals surface area contributed by atoms with Crippen LogP contribution in [0.3, 0.4) is 0 Å². The van der Waals surface area contributed by atoms with E-state index in [-0.39, 0.29) is 6.04 Å². The number of aryl methyl sites for hydroxylation is 2. The highest BCUT2D eigenvalue weighted by molar-refractivity contribution is 6.30. The minimum absolute atomic E-state index is 0.238. The van der Waals surface area contributed by atoms with Crippen molar-refractivity contribution in [3.8, 4) is 0 Å². The first-order valence-electron chi connectivity index (χ1n) is 11.2. The van der Waals surface area contributed by atoms with Crippen molar-refractivity contribution in [2.24, 2.45) is 0 Å². The van der Waals surface area contributed by atoms with Gasteiger partial charge < -0.3 is 0 Å². The number of benzene rings is 2. The van der Waals surface area contributed by atoms with E-state index in [0.29, 0.717) is 0 Å². The van der Waals surface area contributed by atoms with Crippen LogP contribution in [0, 0.1) is 0 Å². The lowest BCUT2D eigenvalue weighted by molar-refractivity contribution is 0.117. The fourth-order valence-corrected chi connectivity index (χ4v) is 5.06. The fraction of sp³-hybridized carbons (Fsp3) is 0.296. The Kier molecular flexibility index (Phi) is 6.17. The summed E-state index contributed by atoms with van der Waals surface area (Å²) in [4.78, 5) is 9.90. The predicted octanol–water partition coefficient (Wildman–Crippen LogP) is 5.25. The summed E-state index contributed by atoms with van der Waals surface area (Å²) in [5.74, 6) is 0. The summed E-state index contributed by atoms with van der Waals surface area (Å²) in [7, 11) is 0. The third-order valence-electron chi connectivity index (χ3n) is 6.50. The average Bonchev–Trinajstić information content (AvgIpc) is 2.97. The predicted molar refractivity (Wildman–Crippen MR) is 128 cm³/mol. The van der Waals surface area contributed by atoms with Gasteiger partial charge in [0.15, 0.2) is 0 Å². The molecule has 0 N–H and O–H groups in total. The Bertz CT molecular complexity index is 1060. The molecule has 0 amide bonds. The maximum absolute atomic E-state index is 6.44. The van der Waals surface area contributed by atoms with E-state index in [0.717, 1.165) is 50.6 Å². The van der Waals surface area contributed by atoms with E-state index in [2.05, 4.69) is 76.5 Å². The summed E-state index contributed by atoms with van der Waals surface area (Å²) in [6.07, 6.45) is 8.45. The van der Waals surface area contributed by atoms with Gasteiger partial charge in [0, 0.05) is 49.6 Å². The van der Waals surface area contributed by atoms with E-state index >= 15 is 0 Å². The Morgan fingerprint density at radius 3 is 2.58 bits per heavy atom. The van der Waals surface area contributed by atoms with Crippen molar-refractivity contribution in [1.29, 1.82) is 0 Å². The van der Waals surface area contributed by atoms with Crippen LogP contribution in [0.1, 0.15) is 34.0 Å². The quantitative estimate of drug-likeness (QED) is 0.564. The Labute approximate surface area is 190 Å². The standard InChI is InChI=1S/C27H28ClN3/c28-23-12-10-22-11-13-26-24(9-4-14-29-26)27(25(22)20-23)31-18-16-30(17-19-31)15-5-8-21-6-2-1-3-7-21/h1-10,12,14,20,27H,11,13,15-19H2/b8-5+. The molecule has 1 aliphatic heterocycles. The van der Waals surface area contributed by atoms with Crippen molar-refractivity contribution in [3.63, 3.8) is 0 Å². The third-order valence-corrected chi connectivity index (χ3v) is 6.73. The van der Waals surface area contributed by atoms with E-state index in [1.54, 1.807) is 0 Å². The molecule has 2 aliphatic rings. The first-order valence-corrected chi connectivity index (χ1v) is 11.6. The van der Waals surface area contributed by atoms with Crippen LogP contribution in [0.15, 0.2) is 72.9 Å². The first-order chi connectivity index (χ1) is 15.3. The van der Waals surface area contributed by atoms with E-state index in [1.807, 2.05) is 12.3 Å². The molecule has 0 bridgehead atoms. The molecule has 3 aromatic rings. The summed E-state index contributed by atoms with van der Waals surface area (Å²) in [5.41, 5.74) is 6.60. The molecule has 5 rings (SSSR count). The molecule has 0 saturated carbocycles. The summed E-state index contributed by atoms with van der Waals surface area (Å²) in [6.45, 7) is 5.23. The largest absolute Gasteiger partial charge is 0.297 e. The minimum atomic E-state index is 0.238. The van der Waals surface area contributed by atoms with E-state index < -0.39 is 0 Å². The van der Waals surface area contributed by atoms with Crippen molar-refractivity contribution < 1.29 is 0 Å². The molecule has 0 spiro atoms. The zero-order chi connectivity index (χ0) is 21.0. The minimum Gasteiger partial charge on any atom is -0.297 e. The lowest BCUT2D eigenvalue weighted by Gasteiger charge is -2.40. The van der Waals surface area contributed by atoms with Gasteiger partial charge in [0.1, 0.15) is 0 Å². The van der Waals surface area contributed by atoms with Gasteiger partial charge in [0.2, 0.25) is 0 Å². The molecule has 2 aromatic carbocycles. The third kappa shape index (κ3) is 4.59. The van der Waals surface area contributed by atoms with Gasteiger partial charge in [-0.2, -0.15) is 0 Å². The maximum Gasteiger partial charge on any atom is 0.0623 e. The van der Waals surface area contributed by atoms with Crippen molar-refractivity contribution in [2.45, 2.75) is 18.9 Å². The van der Waals surface area contributed by atoms with E-state index in [9.17, 15) is 0 Å². The van der Waals surface area contributed by atoms with Gasteiger partial charge in [0.25, 0.3) is 0 Å². The summed E-state index contributed by atoms with van der Waals surface area (Å²) >= 11 is 6.44. The van der Waals surface area contributed by atoms with Crippen molar-refractivity contribution in [2.75, 3.05) is 32.7 Å². The number of piperazine rings is 1. The topological polar surface area (TPSA) is 19.4 Å². The smallest absolute Gasteiger partial charge is 0.0623 e. The SMILES string of the molecule is Clc1ccc2c(c1)C(N1CCN(C/C=C/c3ccccc3)CC1)c1cccnc1CC2. The van der Waals surface area contributed by atoms with Crippen LogP contribution in [0.4, 0.5) is 0 Å². The number of rotatable bonds is 4. The summed E-state index contributed by atoms with van der Waals surface area (Å²) in [5, 5.41) is 0.820. The molecular weight excluding hydrogens is 402 g/mol. The van der Waals surface area contributed by atoms with Crippen LogP contribution >= 0.6 is 11.6 Å². The van der Waals surface area contributed by atoms with Gasteiger partial charge in [-0.3, -0.25) is 14.8 Å². The van der Waals surface area contributed by atoms with E-state index in [1.165, 1.54) is 27.9 Å². The Hall–Kier alpha value is -2.46. The van der Waals surface area contributed by atoms with Crippen molar-refractivity contribution >= 4 is 17.7 Å². The maximum atomic E-state index is 6.44. The van der Waals surface area contributed by atoms with Gasteiger partial charge in [-0.1, -0.05) is 66.2 Å². The molecule has 3 nitrogen and oxygen atoms in total. The van der Waals surface area contributed by atoms with Crippen molar-refractivity contribution in [1.82, 2.24) is 14.8 Å². The molecule has 4 heteroatoms. The van der Waals surface area contributed by atoms with Gasteiger partial charge in [-0.15, -0.1) is 0 Å². The van der Waals surface area contributed by atoms with E-state index in [4.69, 9.17) is 16.6 Å².